The second kappa shape index (κ2) is 6.95. The monoisotopic (exact) mass is 444 g/mol. The Morgan fingerprint density at radius 2 is 0.875 bits per heavy atom. The van der Waals surface area contributed by atoms with E-state index >= 15 is 0 Å². The predicted octanol–water partition coefficient (Wildman–Crippen LogP) is 8.55. The highest BCUT2D eigenvalue weighted by Gasteiger charge is 2.08. The molecule has 0 spiro atoms. The molecule has 0 radical (unpaired) electrons. The van der Waals surface area contributed by atoms with Gasteiger partial charge in [-0.2, -0.15) is 0 Å². The fourth-order valence-corrected chi connectivity index (χ4v) is 5.93. The Labute approximate surface area is 192 Å². The lowest BCUT2D eigenvalue weighted by atomic mass is 9.95. The Hall–Kier alpha value is -3.60. The molecular formula is C28H16N2S2. The Bertz CT molecular complexity index is 1660. The molecule has 0 bridgehead atoms. The van der Waals surface area contributed by atoms with Crippen LogP contribution in [0.15, 0.2) is 96.0 Å². The van der Waals surface area contributed by atoms with Gasteiger partial charge in [0, 0.05) is 0 Å². The first-order chi connectivity index (χ1) is 15.8. The third-order valence-corrected chi connectivity index (χ3v) is 7.75. The SMILES string of the molecule is c1nc2ccc(-c3ccc4c(ccc5cc(-c6ccc7ncsc7c6)ccc54)c3)cc2s1. The standard InChI is InChI=1S/C28H16N2S2/c1-2-22-12-18(20-6-10-26-28(14-20)32-16-30-26)4-8-24(22)23-7-3-17(11-21(1)23)19-5-9-25-27(13-19)31-15-29-25/h1-16H. The Kier molecular flexibility index (Phi) is 3.92. The van der Waals surface area contributed by atoms with Crippen LogP contribution in [0.2, 0.25) is 0 Å². The van der Waals surface area contributed by atoms with Gasteiger partial charge in [0.25, 0.3) is 0 Å². The lowest BCUT2D eigenvalue weighted by Crippen LogP contribution is -1.83. The summed E-state index contributed by atoms with van der Waals surface area (Å²) in [7, 11) is 0. The molecule has 0 saturated heterocycles. The molecule has 2 aromatic heterocycles. The molecule has 32 heavy (non-hydrogen) atoms. The normalized spacial score (nSPS) is 11.8. The fourth-order valence-electron chi connectivity index (χ4n) is 4.50. The van der Waals surface area contributed by atoms with Gasteiger partial charge in [-0.05, 0) is 80.2 Å². The van der Waals surface area contributed by atoms with Crippen LogP contribution < -0.4 is 0 Å². The van der Waals surface area contributed by atoms with Gasteiger partial charge in [-0.15, -0.1) is 22.7 Å². The molecular weight excluding hydrogens is 428 g/mol. The summed E-state index contributed by atoms with van der Waals surface area (Å²) in [5, 5.41) is 5.10. The van der Waals surface area contributed by atoms with Crippen molar-refractivity contribution in [2.24, 2.45) is 0 Å². The molecule has 4 heteroatoms. The van der Waals surface area contributed by atoms with Gasteiger partial charge in [0.05, 0.1) is 31.5 Å². The summed E-state index contributed by atoms with van der Waals surface area (Å²) in [6, 6.07) is 31.1. The second-order valence-electron chi connectivity index (χ2n) is 8.01. The summed E-state index contributed by atoms with van der Waals surface area (Å²) < 4.78 is 2.45. The average Bonchev–Trinajstić information content (AvgIpc) is 3.51. The van der Waals surface area contributed by atoms with Crippen LogP contribution in [-0.4, -0.2) is 9.97 Å². The van der Waals surface area contributed by atoms with Crippen LogP contribution in [0.5, 0.6) is 0 Å². The summed E-state index contributed by atoms with van der Waals surface area (Å²) in [5.41, 5.74) is 10.9. The van der Waals surface area contributed by atoms with Crippen molar-refractivity contribution >= 4 is 64.7 Å². The van der Waals surface area contributed by atoms with Gasteiger partial charge in [0.2, 0.25) is 0 Å². The number of fused-ring (bicyclic) bond motifs is 5. The van der Waals surface area contributed by atoms with E-state index in [4.69, 9.17) is 0 Å². The van der Waals surface area contributed by atoms with Crippen LogP contribution in [0.4, 0.5) is 0 Å². The number of hydrogen-bond donors (Lipinski definition) is 0. The molecule has 0 aliphatic heterocycles. The summed E-state index contributed by atoms with van der Waals surface area (Å²) >= 11 is 3.38. The number of thiazole rings is 2. The molecule has 7 aromatic rings. The Balaban J connectivity index is 1.34. The zero-order chi connectivity index (χ0) is 21.1. The van der Waals surface area contributed by atoms with Gasteiger partial charge in [0.15, 0.2) is 0 Å². The highest BCUT2D eigenvalue weighted by molar-refractivity contribution is 7.17. The molecule has 0 fully saturated rings. The molecule has 0 amide bonds. The largest absolute Gasteiger partial charge is 0.245 e. The maximum absolute atomic E-state index is 4.39. The summed E-state index contributed by atoms with van der Waals surface area (Å²) in [6.45, 7) is 0. The first-order valence-corrected chi connectivity index (χ1v) is 12.2. The molecule has 0 aliphatic carbocycles. The van der Waals surface area contributed by atoms with E-state index in [0.717, 1.165) is 11.0 Å². The Morgan fingerprint density at radius 3 is 1.38 bits per heavy atom. The van der Waals surface area contributed by atoms with Crippen LogP contribution in [0.25, 0.3) is 64.2 Å². The van der Waals surface area contributed by atoms with Gasteiger partial charge in [0.1, 0.15) is 0 Å². The summed E-state index contributed by atoms with van der Waals surface area (Å²) in [6.07, 6.45) is 0. The van der Waals surface area contributed by atoms with E-state index in [9.17, 15) is 0 Å². The average molecular weight is 445 g/mol. The van der Waals surface area contributed by atoms with Gasteiger partial charge in [-0.25, -0.2) is 9.97 Å². The van der Waals surface area contributed by atoms with Gasteiger partial charge >= 0.3 is 0 Å². The molecule has 2 nitrogen and oxygen atoms in total. The Morgan fingerprint density at radius 1 is 0.438 bits per heavy atom. The molecule has 0 N–H and O–H groups in total. The van der Waals surface area contributed by atoms with Gasteiger partial charge in [-0.3, -0.25) is 0 Å². The van der Waals surface area contributed by atoms with E-state index in [1.807, 2.05) is 11.0 Å². The quantitative estimate of drug-likeness (QED) is 0.250. The maximum atomic E-state index is 4.39. The number of benzene rings is 5. The van der Waals surface area contributed by atoms with Crippen LogP contribution in [-0.2, 0) is 0 Å². The highest BCUT2D eigenvalue weighted by atomic mass is 32.1. The minimum atomic E-state index is 1.07. The van der Waals surface area contributed by atoms with E-state index in [0.29, 0.717) is 0 Å². The van der Waals surface area contributed by atoms with Crippen molar-refractivity contribution in [1.29, 1.82) is 0 Å². The summed E-state index contributed by atoms with van der Waals surface area (Å²) in [4.78, 5) is 8.79. The smallest absolute Gasteiger partial charge is 0.0812 e. The minimum Gasteiger partial charge on any atom is -0.245 e. The number of nitrogens with zero attached hydrogens (tertiary/aromatic N) is 2. The highest BCUT2D eigenvalue weighted by Crippen LogP contribution is 2.34. The lowest BCUT2D eigenvalue weighted by molar-refractivity contribution is 1.50. The molecule has 0 unspecified atom stereocenters. The molecule has 2 heterocycles. The molecule has 0 saturated carbocycles. The van der Waals surface area contributed by atoms with Crippen molar-refractivity contribution in [2.45, 2.75) is 0 Å². The van der Waals surface area contributed by atoms with Crippen molar-refractivity contribution in [1.82, 2.24) is 9.97 Å². The number of hydrogen-bond acceptors (Lipinski definition) is 4. The first-order valence-electron chi connectivity index (χ1n) is 10.5. The number of rotatable bonds is 2. The molecule has 150 valence electrons. The molecule has 5 aromatic carbocycles. The first kappa shape index (κ1) is 18.0. The third-order valence-electron chi connectivity index (χ3n) is 6.16. The van der Waals surface area contributed by atoms with Crippen LogP contribution in [0.3, 0.4) is 0 Å². The second-order valence-corrected chi connectivity index (χ2v) is 9.78. The van der Waals surface area contributed by atoms with E-state index in [-0.39, 0.29) is 0 Å². The molecule has 0 aliphatic rings. The van der Waals surface area contributed by atoms with Crippen LogP contribution in [0, 0.1) is 0 Å². The maximum Gasteiger partial charge on any atom is 0.0812 e. The van der Waals surface area contributed by atoms with Crippen LogP contribution in [0.1, 0.15) is 0 Å². The van der Waals surface area contributed by atoms with Crippen molar-refractivity contribution < 1.29 is 0 Å². The van der Waals surface area contributed by atoms with Crippen molar-refractivity contribution in [3.05, 3.63) is 96.0 Å². The molecule has 0 atom stereocenters. The third kappa shape index (κ3) is 2.84. The number of aromatic nitrogens is 2. The van der Waals surface area contributed by atoms with E-state index in [1.54, 1.807) is 22.7 Å². The zero-order valence-electron chi connectivity index (χ0n) is 16.9. The van der Waals surface area contributed by atoms with E-state index in [2.05, 4.69) is 94.9 Å². The van der Waals surface area contributed by atoms with Crippen molar-refractivity contribution in [3.8, 4) is 22.3 Å². The lowest BCUT2D eigenvalue weighted by Gasteiger charge is -2.09. The van der Waals surface area contributed by atoms with Crippen LogP contribution >= 0.6 is 22.7 Å². The summed E-state index contributed by atoms with van der Waals surface area (Å²) in [5.74, 6) is 0. The minimum absolute atomic E-state index is 1.07. The van der Waals surface area contributed by atoms with E-state index < -0.39 is 0 Å². The zero-order valence-corrected chi connectivity index (χ0v) is 18.6. The topological polar surface area (TPSA) is 25.8 Å². The van der Waals surface area contributed by atoms with Gasteiger partial charge in [-0.1, -0.05) is 48.5 Å². The van der Waals surface area contributed by atoms with E-state index in [1.165, 1.54) is 53.2 Å². The molecule has 7 rings (SSSR count). The predicted molar refractivity (Wildman–Crippen MR) is 139 cm³/mol. The van der Waals surface area contributed by atoms with Crippen molar-refractivity contribution in [2.75, 3.05) is 0 Å². The van der Waals surface area contributed by atoms with Gasteiger partial charge < -0.3 is 0 Å². The van der Waals surface area contributed by atoms with Crippen molar-refractivity contribution in [3.63, 3.8) is 0 Å². The fraction of sp³-hybridized carbons (Fsp3) is 0.